The Labute approximate surface area is 187 Å². The van der Waals surface area contributed by atoms with Crippen molar-refractivity contribution in [1.29, 1.82) is 0 Å². The molecule has 0 spiro atoms. The highest BCUT2D eigenvalue weighted by Gasteiger charge is 2.35. The molecule has 2 aromatic carbocycles. The molecule has 3 rings (SSSR count). The van der Waals surface area contributed by atoms with E-state index in [1.54, 1.807) is 45.0 Å². The van der Waals surface area contributed by atoms with Gasteiger partial charge < -0.3 is 14.6 Å². The van der Waals surface area contributed by atoms with Crippen molar-refractivity contribution in [3.05, 3.63) is 53.8 Å². The van der Waals surface area contributed by atoms with Crippen LogP contribution in [0.25, 0.3) is 22.4 Å². The Morgan fingerprint density at radius 2 is 1.66 bits per heavy atom. The number of benzene rings is 2. The van der Waals surface area contributed by atoms with E-state index in [4.69, 9.17) is 4.74 Å². The van der Waals surface area contributed by atoms with Crippen LogP contribution in [0.3, 0.4) is 0 Å². The maximum atomic E-state index is 13.4. The van der Waals surface area contributed by atoms with Gasteiger partial charge in [0.1, 0.15) is 23.3 Å². The number of halogens is 1. The zero-order valence-electron chi connectivity index (χ0n) is 19.6. The van der Waals surface area contributed by atoms with Gasteiger partial charge in [-0.1, -0.05) is 20.8 Å². The number of imidazole rings is 1. The molecular formula is C25H30FN3O3. The number of ether oxygens (including phenoxy) is 1. The molecule has 6 nitrogen and oxygen atoms in total. The van der Waals surface area contributed by atoms with Gasteiger partial charge in [0.2, 0.25) is 0 Å². The van der Waals surface area contributed by atoms with E-state index >= 15 is 0 Å². The van der Waals surface area contributed by atoms with Crippen molar-refractivity contribution in [2.45, 2.75) is 53.2 Å². The molecule has 3 aromatic rings. The van der Waals surface area contributed by atoms with Gasteiger partial charge in [-0.05, 0) is 68.7 Å². The molecule has 0 saturated heterocycles. The highest BCUT2D eigenvalue weighted by atomic mass is 19.1. The lowest BCUT2D eigenvalue weighted by Crippen LogP contribution is -2.50. The Bertz CT molecular complexity index is 1150. The number of carbonyl (C=O) groups excluding carboxylic acids is 2. The average Bonchev–Trinajstić information content (AvgIpc) is 3.00. The van der Waals surface area contributed by atoms with Crippen molar-refractivity contribution in [2.75, 3.05) is 0 Å². The maximum Gasteiger partial charge on any atom is 0.408 e. The van der Waals surface area contributed by atoms with Crippen LogP contribution in [0, 0.1) is 11.2 Å². The van der Waals surface area contributed by atoms with Crippen LogP contribution in [-0.4, -0.2) is 33.1 Å². The van der Waals surface area contributed by atoms with E-state index in [0.29, 0.717) is 16.9 Å². The SMILES string of the molecule is Cn1c(-c2ccc(F)cc2)nc2cc(C(=O)[C@@H](NC(=O)OC(C)(C)C)C(C)(C)C)ccc21. The van der Waals surface area contributed by atoms with Crippen molar-refractivity contribution in [1.82, 2.24) is 14.9 Å². The standard InChI is InChI=1S/C25H30FN3O3/c1-24(2,3)21(28-23(31)32-25(4,5)6)20(30)16-10-13-19-18(14-16)27-22(29(19)7)15-8-11-17(26)12-9-15/h8-14,21H,1-7H3,(H,28,31)/t21-/m1/s1. The number of ketones is 1. The molecule has 170 valence electrons. The van der Waals surface area contributed by atoms with Gasteiger partial charge in [-0.2, -0.15) is 0 Å². The number of aryl methyl sites for hydroxylation is 1. The highest BCUT2D eigenvalue weighted by Crippen LogP contribution is 2.27. The Kier molecular flexibility index (Phi) is 6.13. The molecule has 1 aromatic heterocycles. The molecule has 32 heavy (non-hydrogen) atoms. The molecule has 1 N–H and O–H groups in total. The fraction of sp³-hybridized carbons (Fsp3) is 0.400. The first kappa shape index (κ1) is 23.4. The van der Waals surface area contributed by atoms with Crippen LogP contribution in [0.15, 0.2) is 42.5 Å². The van der Waals surface area contributed by atoms with Gasteiger partial charge in [0.05, 0.1) is 11.0 Å². The Balaban J connectivity index is 1.95. The summed E-state index contributed by atoms with van der Waals surface area (Å²) in [4.78, 5) is 30.4. The normalized spacial score (nSPS) is 13.1. The zero-order valence-corrected chi connectivity index (χ0v) is 19.6. The molecule has 0 saturated carbocycles. The first-order valence-electron chi connectivity index (χ1n) is 10.5. The average molecular weight is 440 g/mol. The van der Waals surface area contributed by atoms with Gasteiger partial charge in [-0.25, -0.2) is 14.2 Å². The third-order valence-electron chi connectivity index (χ3n) is 5.06. The van der Waals surface area contributed by atoms with Crippen molar-refractivity contribution < 1.29 is 18.7 Å². The lowest BCUT2D eigenvalue weighted by Gasteiger charge is -2.31. The molecule has 1 heterocycles. The summed E-state index contributed by atoms with van der Waals surface area (Å²) in [6.45, 7) is 11.0. The van der Waals surface area contributed by atoms with Crippen molar-refractivity contribution in [3.63, 3.8) is 0 Å². The molecule has 0 aliphatic heterocycles. The second-order valence-electron chi connectivity index (χ2n) is 10.0. The summed E-state index contributed by atoms with van der Waals surface area (Å²) in [7, 11) is 1.87. The second kappa shape index (κ2) is 8.37. The quantitative estimate of drug-likeness (QED) is 0.545. The molecule has 0 fully saturated rings. The number of nitrogens with one attached hydrogen (secondary N) is 1. The van der Waals surface area contributed by atoms with Crippen molar-refractivity contribution in [2.24, 2.45) is 12.5 Å². The van der Waals surface area contributed by atoms with Gasteiger partial charge in [0.15, 0.2) is 5.78 Å². The van der Waals surface area contributed by atoms with Crippen LogP contribution >= 0.6 is 0 Å². The van der Waals surface area contributed by atoms with E-state index in [1.165, 1.54) is 12.1 Å². The third kappa shape index (κ3) is 5.15. The number of alkyl carbamates (subject to hydrolysis) is 1. The number of fused-ring (bicyclic) bond motifs is 1. The number of hydrogen-bond acceptors (Lipinski definition) is 4. The van der Waals surface area contributed by atoms with E-state index in [1.807, 2.05) is 38.5 Å². The number of aromatic nitrogens is 2. The number of amides is 1. The molecule has 0 radical (unpaired) electrons. The van der Waals surface area contributed by atoms with Gasteiger partial charge in [-0.3, -0.25) is 4.79 Å². The fourth-order valence-corrected chi connectivity index (χ4v) is 3.48. The van der Waals surface area contributed by atoms with E-state index in [0.717, 1.165) is 11.1 Å². The maximum absolute atomic E-state index is 13.4. The van der Waals surface area contributed by atoms with Crippen molar-refractivity contribution >= 4 is 22.9 Å². The molecule has 1 atom stereocenters. The Morgan fingerprint density at radius 1 is 1.03 bits per heavy atom. The first-order valence-corrected chi connectivity index (χ1v) is 10.5. The predicted molar refractivity (Wildman–Crippen MR) is 123 cm³/mol. The monoisotopic (exact) mass is 439 g/mol. The summed E-state index contributed by atoms with van der Waals surface area (Å²) >= 11 is 0. The van der Waals surface area contributed by atoms with Gasteiger partial charge in [0.25, 0.3) is 0 Å². The third-order valence-corrected chi connectivity index (χ3v) is 5.06. The van der Waals surface area contributed by atoms with Crippen LogP contribution in [0.4, 0.5) is 9.18 Å². The number of Topliss-reactive ketones (excluding diaryl/α,β-unsaturated/α-hetero) is 1. The number of nitrogens with zero attached hydrogens (tertiary/aromatic N) is 2. The predicted octanol–water partition coefficient (Wildman–Crippen LogP) is 5.50. The minimum absolute atomic E-state index is 0.223. The molecule has 7 heteroatoms. The van der Waals surface area contributed by atoms with E-state index in [-0.39, 0.29) is 11.6 Å². The minimum atomic E-state index is -0.782. The number of carbonyl (C=O) groups is 2. The molecular weight excluding hydrogens is 409 g/mol. The first-order chi connectivity index (χ1) is 14.8. The summed E-state index contributed by atoms with van der Waals surface area (Å²) in [6, 6.07) is 10.6. The summed E-state index contributed by atoms with van der Waals surface area (Å²) in [5, 5.41) is 2.74. The lowest BCUT2D eigenvalue weighted by molar-refractivity contribution is 0.0446. The number of rotatable bonds is 4. The van der Waals surface area contributed by atoms with Crippen LogP contribution < -0.4 is 5.32 Å². The molecule has 1 amide bonds. The van der Waals surface area contributed by atoms with E-state index < -0.39 is 23.2 Å². The zero-order chi connectivity index (χ0) is 23.8. The van der Waals surface area contributed by atoms with E-state index in [2.05, 4.69) is 10.3 Å². The molecule has 0 bridgehead atoms. The lowest BCUT2D eigenvalue weighted by atomic mass is 9.82. The summed E-state index contributed by atoms with van der Waals surface area (Å²) < 4.78 is 20.6. The molecule has 0 unspecified atom stereocenters. The minimum Gasteiger partial charge on any atom is -0.444 e. The van der Waals surface area contributed by atoms with Crippen LogP contribution in [-0.2, 0) is 11.8 Å². The largest absolute Gasteiger partial charge is 0.444 e. The second-order valence-corrected chi connectivity index (χ2v) is 10.0. The van der Waals surface area contributed by atoms with Gasteiger partial charge in [0, 0.05) is 18.2 Å². The molecule has 0 aliphatic rings. The van der Waals surface area contributed by atoms with Gasteiger partial charge >= 0.3 is 6.09 Å². The van der Waals surface area contributed by atoms with Crippen molar-refractivity contribution in [3.8, 4) is 11.4 Å². The smallest absolute Gasteiger partial charge is 0.408 e. The topological polar surface area (TPSA) is 73.2 Å². The summed E-state index contributed by atoms with van der Waals surface area (Å²) in [5.41, 5.74) is 1.50. The highest BCUT2D eigenvalue weighted by molar-refractivity contribution is 6.04. The number of hydrogen-bond donors (Lipinski definition) is 1. The fourth-order valence-electron chi connectivity index (χ4n) is 3.48. The molecule has 0 aliphatic carbocycles. The summed E-state index contributed by atoms with van der Waals surface area (Å²) in [6.07, 6.45) is -0.636. The van der Waals surface area contributed by atoms with Crippen LogP contribution in [0.5, 0.6) is 0 Å². The van der Waals surface area contributed by atoms with Gasteiger partial charge in [-0.15, -0.1) is 0 Å². The van der Waals surface area contributed by atoms with E-state index in [9.17, 15) is 14.0 Å². The van der Waals surface area contributed by atoms with Crippen LogP contribution in [0.1, 0.15) is 51.9 Å². The Hall–Kier alpha value is -3.22. The van der Waals surface area contributed by atoms with Crippen LogP contribution in [0.2, 0.25) is 0 Å². The Morgan fingerprint density at radius 3 is 2.22 bits per heavy atom. The summed E-state index contributed by atoms with van der Waals surface area (Å²) in [5.74, 6) is 0.134.